The zero-order valence-electron chi connectivity index (χ0n) is 11.7. The van der Waals surface area contributed by atoms with Gasteiger partial charge in [0.15, 0.2) is 9.84 Å². The smallest absolute Gasteiger partial charge is 0.152 e. The van der Waals surface area contributed by atoms with Crippen LogP contribution in [0.3, 0.4) is 0 Å². The van der Waals surface area contributed by atoms with E-state index in [1.54, 1.807) is 0 Å². The molecule has 1 aromatic rings. The van der Waals surface area contributed by atoms with Crippen LogP contribution in [0.1, 0.15) is 18.9 Å². The summed E-state index contributed by atoms with van der Waals surface area (Å²) in [7, 11) is -2.93. The molecule has 110 valence electrons. The number of sulfone groups is 1. The van der Waals surface area contributed by atoms with Crippen LogP contribution in [0.2, 0.25) is 5.02 Å². The van der Waals surface area contributed by atoms with Crippen LogP contribution in [-0.4, -0.2) is 36.9 Å². The number of benzene rings is 1. The summed E-state index contributed by atoms with van der Waals surface area (Å²) >= 11 is 6.21. The molecule has 0 amide bonds. The summed E-state index contributed by atoms with van der Waals surface area (Å²) in [6, 6.07) is 7.67. The molecule has 1 aromatic carbocycles. The Morgan fingerprint density at radius 2 is 2.15 bits per heavy atom. The van der Waals surface area contributed by atoms with E-state index in [0.29, 0.717) is 24.5 Å². The zero-order chi connectivity index (χ0) is 14.8. The Labute approximate surface area is 126 Å². The Balaban J connectivity index is 2.24. The van der Waals surface area contributed by atoms with Crippen molar-refractivity contribution in [3.63, 3.8) is 0 Å². The molecule has 0 bridgehead atoms. The highest BCUT2D eigenvalue weighted by Gasteiger charge is 2.42. The van der Waals surface area contributed by atoms with Crippen molar-refractivity contribution >= 4 is 21.4 Å². The monoisotopic (exact) mass is 313 g/mol. The molecule has 0 radical (unpaired) electrons. The van der Waals surface area contributed by atoms with Crippen molar-refractivity contribution in [1.29, 1.82) is 0 Å². The van der Waals surface area contributed by atoms with Crippen molar-refractivity contribution in [1.82, 2.24) is 4.90 Å². The molecule has 5 heteroatoms. The van der Waals surface area contributed by atoms with E-state index in [2.05, 4.69) is 11.5 Å². The summed E-state index contributed by atoms with van der Waals surface area (Å²) in [5.41, 5.74) is 0.674. The molecule has 1 aliphatic rings. The van der Waals surface area contributed by atoms with Crippen LogP contribution >= 0.6 is 11.6 Å². The average Bonchev–Trinajstić information content (AvgIpc) is 2.67. The maximum absolute atomic E-state index is 11.8. The second-order valence-electron chi connectivity index (χ2n) is 5.60. The molecular weight excluding hydrogens is 294 g/mol. The summed E-state index contributed by atoms with van der Waals surface area (Å²) in [5, 5.41) is 0.714. The molecule has 0 N–H and O–H groups in total. The fourth-order valence-electron chi connectivity index (χ4n) is 2.71. The molecule has 0 aliphatic carbocycles. The first-order valence-corrected chi connectivity index (χ1v) is 8.86. The van der Waals surface area contributed by atoms with Crippen LogP contribution in [0.15, 0.2) is 36.9 Å². The minimum atomic E-state index is -2.93. The maximum atomic E-state index is 11.8. The lowest BCUT2D eigenvalue weighted by atomic mass is 9.98. The highest BCUT2D eigenvalue weighted by atomic mass is 35.5. The fraction of sp³-hybridized carbons (Fsp3) is 0.467. The number of hydrogen-bond acceptors (Lipinski definition) is 3. The molecule has 0 saturated carbocycles. The third kappa shape index (κ3) is 3.43. The van der Waals surface area contributed by atoms with E-state index >= 15 is 0 Å². The first-order chi connectivity index (χ1) is 9.36. The molecule has 0 aromatic heterocycles. The largest absolute Gasteiger partial charge is 0.289 e. The van der Waals surface area contributed by atoms with Crippen molar-refractivity contribution in [3.8, 4) is 0 Å². The molecule has 1 heterocycles. The summed E-state index contributed by atoms with van der Waals surface area (Å²) < 4.78 is 23.6. The van der Waals surface area contributed by atoms with Crippen LogP contribution < -0.4 is 0 Å². The van der Waals surface area contributed by atoms with E-state index in [0.717, 1.165) is 5.56 Å². The van der Waals surface area contributed by atoms with E-state index in [1.165, 1.54) is 0 Å². The quantitative estimate of drug-likeness (QED) is 0.784. The molecule has 1 saturated heterocycles. The molecule has 3 nitrogen and oxygen atoms in total. The topological polar surface area (TPSA) is 37.4 Å². The van der Waals surface area contributed by atoms with Crippen LogP contribution in [0.25, 0.3) is 0 Å². The Hall–Kier alpha value is -0.840. The van der Waals surface area contributed by atoms with Gasteiger partial charge in [-0.1, -0.05) is 35.9 Å². The second kappa shape index (κ2) is 5.88. The third-order valence-electron chi connectivity index (χ3n) is 3.91. The van der Waals surface area contributed by atoms with E-state index in [4.69, 9.17) is 11.6 Å². The van der Waals surface area contributed by atoms with Crippen LogP contribution in [-0.2, 0) is 16.4 Å². The van der Waals surface area contributed by atoms with Gasteiger partial charge in [-0.05, 0) is 25.0 Å². The van der Waals surface area contributed by atoms with Gasteiger partial charge in [0.05, 0.1) is 11.5 Å². The Morgan fingerprint density at radius 3 is 2.70 bits per heavy atom. The standard InChI is InChI=1S/C15H20ClNO2S/c1-3-9-17(11-13-6-4-5-7-14(13)16)15(2)8-10-20(18,19)12-15/h3-7H,1,8-12H2,2H3/t15-/m1/s1. The second-order valence-corrected chi connectivity index (χ2v) is 8.19. The molecular formula is C15H20ClNO2S. The van der Waals surface area contributed by atoms with Gasteiger partial charge < -0.3 is 0 Å². The summed E-state index contributed by atoms with van der Waals surface area (Å²) in [6.07, 6.45) is 2.47. The van der Waals surface area contributed by atoms with Gasteiger partial charge in [0.25, 0.3) is 0 Å². The van der Waals surface area contributed by atoms with E-state index in [1.807, 2.05) is 37.3 Å². The van der Waals surface area contributed by atoms with Crippen LogP contribution in [0, 0.1) is 0 Å². The Kier molecular flexibility index (Phi) is 4.57. The maximum Gasteiger partial charge on any atom is 0.152 e. The molecule has 20 heavy (non-hydrogen) atoms. The Morgan fingerprint density at radius 1 is 1.45 bits per heavy atom. The molecule has 1 fully saturated rings. The summed E-state index contributed by atoms with van der Waals surface area (Å²) in [6.45, 7) is 7.08. The predicted octanol–water partition coefficient (Wildman–Crippen LogP) is 2.91. The molecule has 2 rings (SSSR count). The average molecular weight is 314 g/mol. The third-order valence-corrected chi connectivity index (χ3v) is 6.17. The lowest BCUT2D eigenvalue weighted by molar-refractivity contribution is 0.133. The van der Waals surface area contributed by atoms with E-state index < -0.39 is 9.84 Å². The number of halogens is 1. The van der Waals surface area contributed by atoms with Gasteiger partial charge in [-0.15, -0.1) is 6.58 Å². The van der Waals surface area contributed by atoms with Crippen molar-refractivity contribution in [2.45, 2.75) is 25.4 Å². The van der Waals surface area contributed by atoms with Crippen molar-refractivity contribution in [2.24, 2.45) is 0 Å². The van der Waals surface area contributed by atoms with Crippen molar-refractivity contribution in [3.05, 3.63) is 47.5 Å². The van der Waals surface area contributed by atoms with Crippen LogP contribution in [0.4, 0.5) is 0 Å². The van der Waals surface area contributed by atoms with Gasteiger partial charge >= 0.3 is 0 Å². The molecule has 0 spiro atoms. The van der Waals surface area contributed by atoms with Gasteiger partial charge in [-0.2, -0.15) is 0 Å². The number of nitrogens with zero attached hydrogens (tertiary/aromatic N) is 1. The summed E-state index contributed by atoms with van der Waals surface area (Å²) in [5.74, 6) is 0.470. The van der Waals surface area contributed by atoms with E-state index in [9.17, 15) is 8.42 Å². The van der Waals surface area contributed by atoms with Gasteiger partial charge in [-0.25, -0.2) is 8.42 Å². The lowest BCUT2D eigenvalue weighted by Gasteiger charge is -2.37. The van der Waals surface area contributed by atoms with E-state index in [-0.39, 0.29) is 17.0 Å². The fourth-order valence-corrected chi connectivity index (χ4v) is 5.07. The van der Waals surface area contributed by atoms with Gasteiger partial charge in [0.1, 0.15) is 0 Å². The first-order valence-electron chi connectivity index (χ1n) is 6.66. The number of rotatable bonds is 5. The lowest BCUT2D eigenvalue weighted by Crippen LogP contribution is -2.47. The first kappa shape index (κ1) is 15.5. The molecule has 0 unspecified atom stereocenters. The predicted molar refractivity (Wildman–Crippen MR) is 83.7 cm³/mol. The minimum Gasteiger partial charge on any atom is -0.289 e. The highest BCUT2D eigenvalue weighted by molar-refractivity contribution is 7.91. The van der Waals surface area contributed by atoms with Gasteiger partial charge in [0, 0.05) is 23.7 Å². The normalized spacial score (nSPS) is 24.9. The van der Waals surface area contributed by atoms with Crippen molar-refractivity contribution in [2.75, 3.05) is 18.1 Å². The van der Waals surface area contributed by atoms with Gasteiger partial charge in [0.2, 0.25) is 0 Å². The Bertz CT molecular complexity index is 600. The van der Waals surface area contributed by atoms with Crippen LogP contribution in [0.5, 0.6) is 0 Å². The minimum absolute atomic E-state index is 0.207. The zero-order valence-corrected chi connectivity index (χ0v) is 13.3. The SMILES string of the molecule is C=CCN(Cc1ccccc1Cl)[C@]1(C)CCS(=O)(=O)C1. The molecule has 1 aliphatic heterocycles. The highest BCUT2D eigenvalue weighted by Crippen LogP contribution is 2.31. The molecule has 1 atom stereocenters. The summed E-state index contributed by atoms with van der Waals surface area (Å²) in [4.78, 5) is 2.16. The van der Waals surface area contributed by atoms with Gasteiger partial charge in [-0.3, -0.25) is 4.90 Å². The number of hydrogen-bond donors (Lipinski definition) is 0. The van der Waals surface area contributed by atoms with Crippen molar-refractivity contribution < 1.29 is 8.42 Å².